The number of likely N-dealkylation sites (N-methyl/N-ethyl adjacent to an activating group) is 1. The third kappa shape index (κ3) is 4.70. The Hall–Kier alpha value is -2.06. The van der Waals surface area contributed by atoms with Crippen molar-refractivity contribution in [2.75, 3.05) is 18.9 Å². The van der Waals surface area contributed by atoms with Crippen molar-refractivity contribution in [3.8, 4) is 6.07 Å². The average Bonchev–Trinajstić information content (AvgIpc) is 2.51. The molecule has 0 atom stereocenters. The van der Waals surface area contributed by atoms with Gasteiger partial charge in [0.25, 0.3) is 0 Å². The third-order valence-corrected chi connectivity index (χ3v) is 3.85. The summed E-state index contributed by atoms with van der Waals surface area (Å²) in [6.45, 7) is 0.648. The van der Waals surface area contributed by atoms with Crippen LogP contribution < -0.4 is 5.32 Å². The number of benzene rings is 2. The van der Waals surface area contributed by atoms with Crippen molar-refractivity contribution in [1.29, 1.82) is 5.26 Å². The molecule has 0 aliphatic rings. The summed E-state index contributed by atoms with van der Waals surface area (Å²) in [5, 5.41) is 12.6. The second-order valence-corrected chi connectivity index (χ2v) is 5.90. The number of rotatable bonds is 5. The lowest BCUT2D eigenvalue weighted by Crippen LogP contribution is -2.30. The van der Waals surface area contributed by atoms with Gasteiger partial charge < -0.3 is 5.32 Å². The van der Waals surface area contributed by atoms with Gasteiger partial charge in [-0.15, -0.1) is 0 Å². The first-order valence-corrected chi connectivity index (χ1v) is 7.67. The van der Waals surface area contributed by atoms with E-state index >= 15 is 0 Å². The molecule has 2 aromatic rings. The van der Waals surface area contributed by atoms with Crippen molar-refractivity contribution < 1.29 is 4.79 Å². The van der Waals surface area contributed by atoms with Crippen LogP contribution in [0.4, 0.5) is 5.69 Å². The Balaban J connectivity index is 1.99. The summed E-state index contributed by atoms with van der Waals surface area (Å²) >= 11 is 12.1. The lowest BCUT2D eigenvalue weighted by Gasteiger charge is -2.17. The van der Waals surface area contributed by atoms with Crippen LogP contribution in [0.15, 0.2) is 42.5 Å². The molecular weight excluding hydrogens is 333 g/mol. The van der Waals surface area contributed by atoms with Crippen molar-refractivity contribution in [1.82, 2.24) is 4.90 Å². The SMILES string of the molecule is CN(CC(=O)Nc1c(Cl)cccc1Cl)Cc1ccccc1C#N. The molecule has 0 unspecified atom stereocenters. The van der Waals surface area contributed by atoms with Crippen LogP contribution in [0.5, 0.6) is 0 Å². The van der Waals surface area contributed by atoms with Crippen LogP contribution in [-0.2, 0) is 11.3 Å². The Bertz CT molecular complexity index is 735. The highest BCUT2D eigenvalue weighted by molar-refractivity contribution is 6.39. The van der Waals surface area contributed by atoms with E-state index in [0.717, 1.165) is 5.56 Å². The average molecular weight is 348 g/mol. The number of nitrogens with zero attached hydrogens (tertiary/aromatic N) is 2. The van der Waals surface area contributed by atoms with E-state index < -0.39 is 0 Å². The monoisotopic (exact) mass is 347 g/mol. The summed E-state index contributed by atoms with van der Waals surface area (Å²) in [5.41, 5.74) is 1.89. The predicted molar refractivity (Wildman–Crippen MR) is 92.6 cm³/mol. The van der Waals surface area contributed by atoms with Gasteiger partial charge in [-0.3, -0.25) is 9.69 Å². The lowest BCUT2D eigenvalue weighted by atomic mass is 10.1. The van der Waals surface area contributed by atoms with E-state index in [1.165, 1.54) is 0 Å². The normalized spacial score (nSPS) is 10.4. The lowest BCUT2D eigenvalue weighted by molar-refractivity contribution is -0.117. The number of halogens is 2. The molecule has 0 bridgehead atoms. The van der Waals surface area contributed by atoms with Crippen molar-refractivity contribution >= 4 is 34.8 Å². The molecule has 0 aromatic heterocycles. The van der Waals surface area contributed by atoms with Crippen molar-refractivity contribution in [2.45, 2.75) is 6.54 Å². The fraction of sp³-hybridized carbons (Fsp3) is 0.176. The highest BCUT2D eigenvalue weighted by Crippen LogP contribution is 2.29. The van der Waals surface area contributed by atoms with E-state index in [-0.39, 0.29) is 12.5 Å². The number of hydrogen-bond acceptors (Lipinski definition) is 3. The van der Waals surface area contributed by atoms with Crippen molar-refractivity contribution in [2.24, 2.45) is 0 Å². The van der Waals surface area contributed by atoms with E-state index in [2.05, 4.69) is 11.4 Å². The van der Waals surface area contributed by atoms with Gasteiger partial charge in [-0.1, -0.05) is 47.5 Å². The minimum atomic E-state index is -0.225. The molecule has 1 amide bonds. The molecule has 0 spiro atoms. The Labute approximate surface area is 145 Å². The molecule has 4 nitrogen and oxygen atoms in total. The van der Waals surface area contributed by atoms with Gasteiger partial charge in [-0.05, 0) is 30.8 Å². The number of carbonyl (C=O) groups excluding carboxylic acids is 1. The molecule has 0 aliphatic heterocycles. The fourth-order valence-corrected chi connectivity index (χ4v) is 2.65. The van der Waals surface area contributed by atoms with Crippen LogP contribution in [-0.4, -0.2) is 24.4 Å². The molecule has 0 heterocycles. The topological polar surface area (TPSA) is 56.1 Å². The van der Waals surface area contributed by atoms with Crippen molar-refractivity contribution in [3.63, 3.8) is 0 Å². The molecule has 6 heteroatoms. The standard InChI is InChI=1S/C17H15Cl2N3O/c1-22(10-13-6-3-2-5-12(13)9-20)11-16(23)21-17-14(18)7-4-8-15(17)19/h2-8H,10-11H2,1H3,(H,21,23). The second-order valence-electron chi connectivity index (χ2n) is 5.09. The fourth-order valence-electron chi connectivity index (χ4n) is 2.16. The number of anilines is 1. The summed E-state index contributed by atoms with van der Waals surface area (Å²) in [6.07, 6.45) is 0. The van der Waals surface area contributed by atoms with Crippen LogP contribution in [0.25, 0.3) is 0 Å². The highest BCUT2D eigenvalue weighted by atomic mass is 35.5. The van der Waals surface area contributed by atoms with E-state index in [1.54, 1.807) is 24.3 Å². The van der Waals surface area contributed by atoms with E-state index in [9.17, 15) is 4.79 Å². The molecule has 0 radical (unpaired) electrons. The number of hydrogen-bond donors (Lipinski definition) is 1. The summed E-state index contributed by atoms with van der Waals surface area (Å²) in [6, 6.07) is 14.5. The van der Waals surface area contributed by atoms with Crippen LogP contribution in [0, 0.1) is 11.3 Å². The predicted octanol–water partition coefficient (Wildman–Crippen LogP) is 3.94. The van der Waals surface area contributed by atoms with Gasteiger partial charge in [0.1, 0.15) is 0 Å². The molecule has 23 heavy (non-hydrogen) atoms. The molecule has 1 N–H and O–H groups in total. The summed E-state index contributed by atoms with van der Waals surface area (Å²) in [4.78, 5) is 14.0. The number of amides is 1. The quantitative estimate of drug-likeness (QED) is 0.891. The summed E-state index contributed by atoms with van der Waals surface area (Å²) < 4.78 is 0. The van der Waals surface area contributed by atoms with Gasteiger partial charge >= 0.3 is 0 Å². The van der Waals surface area contributed by atoms with Crippen molar-refractivity contribution in [3.05, 3.63) is 63.6 Å². The molecule has 0 aliphatic carbocycles. The van der Waals surface area contributed by atoms with Gasteiger partial charge in [0.05, 0.1) is 33.9 Å². The van der Waals surface area contributed by atoms with E-state index in [0.29, 0.717) is 27.8 Å². The van der Waals surface area contributed by atoms with E-state index in [4.69, 9.17) is 28.5 Å². The molecule has 118 valence electrons. The largest absolute Gasteiger partial charge is 0.322 e. The summed E-state index contributed by atoms with van der Waals surface area (Å²) in [5.74, 6) is -0.225. The Kier molecular flexibility index (Phi) is 6.00. The third-order valence-electron chi connectivity index (χ3n) is 3.22. The Morgan fingerprint density at radius 3 is 2.48 bits per heavy atom. The van der Waals surface area contributed by atoms with Crippen LogP contribution >= 0.6 is 23.2 Å². The first-order valence-electron chi connectivity index (χ1n) is 6.91. The molecule has 2 aromatic carbocycles. The Morgan fingerprint density at radius 2 is 1.83 bits per heavy atom. The molecular formula is C17H15Cl2N3O. The van der Waals surface area contributed by atoms with Gasteiger partial charge in [0, 0.05) is 6.54 Å². The zero-order valence-electron chi connectivity index (χ0n) is 12.5. The maximum atomic E-state index is 12.1. The second kappa shape index (κ2) is 7.98. The molecule has 0 fully saturated rings. The van der Waals surface area contributed by atoms with E-state index in [1.807, 2.05) is 30.1 Å². The highest BCUT2D eigenvalue weighted by Gasteiger charge is 2.12. The van der Waals surface area contributed by atoms with Crippen LogP contribution in [0.1, 0.15) is 11.1 Å². The number of para-hydroxylation sites is 1. The first-order chi connectivity index (χ1) is 11.0. The first kappa shape index (κ1) is 17.3. The van der Waals surface area contributed by atoms with Crippen LogP contribution in [0.3, 0.4) is 0 Å². The minimum Gasteiger partial charge on any atom is -0.322 e. The maximum absolute atomic E-state index is 12.1. The molecule has 2 rings (SSSR count). The molecule has 0 saturated heterocycles. The van der Waals surface area contributed by atoms with Gasteiger partial charge in [0.15, 0.2) is 0 Å². The number of nitrogens with one attached hydrogen (secondary N) is 1. The molecule has 0 saturated carbocycles. The van der Waals surface area contributed by atoms with Gasteiger partial charge in [-0.25, -0.2) is 0 Å². The van der Waals surface area contributed by atoms with Gasteiger partial charge in [0.2, 0.25) is 5.91 Å². The maximum Gasteiger partial charge on any atom is 0.238 e. The minimum absolute atomic E-state index is 0.154. The zero-order valence-corrected chi connectivity index (χ0v) is 14.0. The summed E-state index contributed by atoms with van der Waals surface area (Å²) in [7, 11) is 1.81. The number of carbonyl (C=O) groups is 1. The Morgan fingerprint density at radius 1 is 1.17 bits per heavy atom. The van der Waals surface area contributed by atoms with Gasteiger partial charge in [-0.2, -0.15) is 5.26 Å². The number of nitriles is 1. The van der Waals surface area contributed by atoms with Crippen LogP contribution in [0.2, 0.25) is 10.0 Å². The smallest absolute Gasteiger partial charge is 0.238 e. The zero-order chi connectivity index (χ0) is 16.8.